The lowest BCUT2D eigenvalue weighted by Crippen LogP contribution is -2.51. The van der Waals surface area contributed by atoms with Gasteiger partial charge in [0.2, 0.25) is 0 Å². The fourth-order valence-corrected chi connectivity index (χ4v) is 4.32. The summed E-state index contributed by atoms with van der Waals surface area (Å²) in [5.74, 6) is -0.416. The van der Waals surface area contributed by atoms with E-state index in [4.69, 9.17) is 9.47 Å². The summed E-state index contributed by atoms with van der Waals surface area (Å²) in [4.78, 5) is 27.4. The topological polar surface area (TPSA) is 91.7 Å². The van der Waals surface area contributed by atoms with Crippen molar-refractivity contribution < 1.29 is 19.1 Å². The molecule has 2 bridgehead atoms. The van der Waals surface area contributed by atoms with Crippen LogP contribution in [0.25, 0.3) is 5.57 Å². The number of nitrogens with zero attached hydrogens (tertiary/aromatic N) is 2. The number of urea groups is 1. The molecule has 3 rings (SSSR count). The van der Waals surface area contributed by atoms with E-state index >= 15 is 0 Å². The average Bonchev–Trinajstić information content (AvgIpc) is 3.06. The van der Waals surface area contributed by atoms with Crippen LogP contribution >= 0.6 is 0 Å². The van der Waals surface area contributed by atoms with Gasteiger partial charge in [-0.3, -0.25) is 0 Å². The minimum absolute atomic E-state index is 0.0241. The number of carbonyl (C=O) groups excluding carboxylic acids is 2. The van der Waals surface area contributed by atoms with Gasteiger partial charge < -0.3 is 19.7 Å². The van der Waals surface area contributed by atoms with Gasteiger partial charge >= 0.3 is 12.0 Å². The highest BCUT2D eigenvalue weighted by Crippen LogP contribution is 2.43. The van der Waals surface area contributed by atoms with Crippen LogP contribution in [0.4, 0.5) is 4.79 Å². The molecule has 1 aromatic carbocycles. The van der Waals surface area contributed by atoms with Crippen LogP contribution in [0.1, 0.15) is 50.7 Å². The van der Waals surface area contributed by atoms with E-state index in [9.17, 15) is 14.9 Å². The Morgan fingerprint density at radius 2 is 2.13 bits per heavy atom. The molecule has 30 heavy (non-hydrogen) atoms. The zero-order valence-electron chi connectivity index (χ0n) is 17.8. The minimum Gasteiger partial charge on any atom is -0.466 e. The molecule has 1 saturated heterocycles. The monoisotopic (exact) mass is 411 g/mol. The van der Waals surface area contributed by atoms with Gasteiger partial charge in [-0.05, 0) is 62.8 Å². The van der Waals surface area contributed by atoms with E-state index in [1.807, 2.05) is 26.0 Å². The van der Waals surface area contributed by atoms with Gasteiger partial charge in [-0.1, -0.05) is 12.1 Å². The molecule has 0 aliphatic carbocycles. The zero-order chi connectivity index (χ0) is 21.7. The molecule has 0 unspecified atom stereocenters. The first kappa shape index (κ1) is 21.8. The van der Waals surface area contributed by atoms with Crippen molar-refractivity contribution in [3.8, 4) is 6.07 Å². The summed E-state index contributed by atoms with van der Waals surface area (Å²) in [6.45, 7) is 5.08. The van der Waals surface area contributed by atoms with Gasteiger partial charge in [-0.2, -0.15) is 5.26 Å². The molecule has 0 spiro atoms. The number of esters is 1. The van der Waals surface area contributed by atoms with E-state index in [1.165, 1.54) is 7.11 Å². The number of amides is 2. The minimum atomic E-state index is -0.416. The highest BCUT2D eigenvalue weighted by Gasteiger charge is 2.46. The van der Waals surface area contributed by atoms with E-state index in [-0.39, 0.29) is 24.2 Å². The van der Waals surface area contributed by atoms with Crippen molar-refractivity contribution in [1.29, 1.82) is 5.26 Å². The Bertz CT molecular complexity index is 871. The maximum atomic E-state index is 12.9. The third-order valence-corrected chi connectivity index (χ3v) is 5.63. The Hall–Kier alpha value is -2.85. The fraction of sp³-hybridized carbons (Fsp3) is 0.522. The predicted molar refractivity (Wildman–Crippen MR) is 112 cm³/mol. The zero-order valence-corrected chi connectivity index (χ0v) is 17.8. The van der Waals surface area contributed by atoms with Crippen molar-refractivity contribution in [2.45, 2.75) is 57.7 Å². The number of benzene rings is 1. The Kier molecular flexibility index (Phi) is 7.11. The van der Waals surface area contributed by atoms with Crippen LogP contribution in [0.5, 0.6) is 0 Å². The van der Waals surface area contributed by atoms with Gasteiger partial charge in [0, 0.05) is 19.2 Å². The van der Waals surface area contributed by atoms with Crippen LogP contribution in [0.15, 0.2) is 29.8 Å². The maximum absolute atomic E-state index is 12.9. The van der Waals surface area contributed by atoms with E-state index in [0.717, 1.165) is 30.4 Å². The molecule has 2 aliphatic heterocycles. The van der Waals surface area contributed by atoms with E-state index < -0.39 is 5.97 Å². The van der Waals surface area contributed by atoms with E-state index in [2.05, 4.69) is 11.4 Å². The standard InChI is InChI=1S/C23H29N3O4/c1-15(2)30-11-5-10-25-23(28)26-18-8-9-20(26)21(22(27)29-3)19(13-18)17-7-4-6-16(12-17)14-24/h4,6-7,12,15,18,20H,5,8-11,13H2,1-3H3,(H,25,28)/t18-,20+/m0/s1. The number of nitrogens with one attached hydrogen (secondary N) is 1. The predicted octanol–water partition coefficient (Wildman–Crippen LogP) is 3.25. The molecule has 0 saturated carbocycles. The summed E-state index contributed by atoms with van der Waals surface area (Å²) in [5, 5.41) is 12.2. The molecular formula is C23H29N3O4. The second kappa shape index (κ2) is 9.77. The summed E-state index contributed by atoms with van der Waals surface area (Å²) in [6, 6.07) is 8.95. The highest BCUT2D eigenvalue weighted by atomic mass is 16.5. The fourth-order valence-electron chi connectivity index (χ4n) is 4.32. The molecule has 7 nitrogen and oxygen atoms in total. The van der Waals surface area contributed by atoms with Crippen molar-refractivity contribution in [2.24, 2.45) is 0 Å². The van der Waals surface area contributed by atoms with Crippen LogP contribution in [0.3, 0.4) is 0 Å². The normalized spacial score (nSPS) is 20.3. The van der Waals surface area contributed by atoms with Crippen LogP contribution in [0, 0.1) is 11.3 Å². The molecule has 2 heterocycles. The van der Waals surface area contributed by atoms with Gasteiger partial charge in [0.25, 0.3) is 0 Å². The molecule has 0 aromatic heterocycles. The average molecular weight is 412 g/mol. The molecule has 7 heteroatoms. The Morgan fingerprint density at radius 1 is 1.33 bits per heavy atom. The SMILES string of the molecule is COC(=O)C1=C(c2cccc(C#N)c2)C[C@@H]2CC[C@H]1N2C(=O)NCCCOC(C)C. The van der Waals surface area contributed by atoms with Crippen LogP contribution in [-0.2, 0) is 14.3 Å². The second-order valence-electron chi connectivity index (χ2n) is 7.94. The number of hydrogen-bond donors (Lipinski definition) is 1. The number of methoxy groups -OCH3 is 1. The molecule has 2 amide bonds. The van der Waals surface area contributed by atoms with Crippen molar-refractivity contribution in [3.63, 3.8) is 0 Å². The lowest BCUT2D eigenvalue weighted by atomic mass is 9.88. The molecular weight excluding hydrogens is 382 g/mol. The first-order valence-corrected chi connectivity index (χ1v) is 10.5. The lowest BCUT2D eigenvalue weighted by Gasteiger charge is -2.37. The Balaban J connectivity index is 1.81. The summed E-state index contributed by atoms with van der Waals surface area (Å²) < 4.78 is 10.6. The highest BCUT2D eigenvalue weighted by molar-refractivity contribution is 6.01. The third kappa shape index (κ3) is 4.65. The summed E-state index contributed by atoms with van der Waals surface area (Å²) in [5.41, 5.74) is 2.79. The van der Waals surface area contributed by atoms with Gasteiger partial charge in [0.1, 0.15) is 0 Å². The Labute approximate surface area is 177 Å². The first-order chi connectivity index (χ1) is 14.5. The van der Waals surface area contributed by atoms with Gasteiger partial charge in [0.15, 0.2) is 0 Å². The smallest absolute Gasteiger partial charge is 0.336 e. The molecule has 1 N–H and O–H groups in total. The molecule has 2 atom stereocenters. The number of carbonyl (C=O) groups is 2. The van der Waals surface area contributed by atoms with Crippen molar-refractivity contribution in [2.75, 3.05) is 20.3 Å². The van der Waals surface area contributed by atoms with E-state index in [0.29, 0.717) is 30.7 Å². The van der Waals surface area contributed by atoms with Crippen LogP contribution in [0.2, 0.25) is 0 Å². The van der Waals surface area contributed by atoms with Crippen molar-refractivity contribution >= 4 is 17.6 Å². The number of ether oxygens (including phenoxy) is 2. The molecule has 1 aromatic rings. The Morgan fingerprint density at radius 3 is 2.83 bits per heavy atom. The van der Waals surface area contributed by atoms with E-state index in [1.54, 1.807) is 17.0 Å². The summed E-state index contributed by atoms with van der Waals surface area (Å²) in [7, 11) is 1.36. The largest absolute Gasteiger partial charge is 0.466 e. The molecule has 160 valence electrons. The number of fused-ring (bicyclic) bond motifs is 2. The third-order valence-electron chi connectivity index (χ3n) is 5.63. The van der Waals surface area contributed by atoms with Crippen LogP contribution in [-0.4, -0.2) is 55.3 Å². The van der Waals surface area contributed by atoms with Gasteiger partial charge in [0.05, 0.1) is 36.5 Å². The lowest BCUT2D eigenvalue weighted by molar-refractivity contribution is -0.136. The molecule has 1 fully saturated rings. The van der Waals surface area contributed by atoms with Crippen molar-refractivity contribution in [3.05, 3.63) is 41.0 Å². The quantitative estimate of drug-likeness (QED) is 0.549. The van der Waals surface area contributed by atoms with Gasteiger partial charge in [-0.15, -0.1) is 0 Å². The van der Waals surface area contributed by atoms with Crippen LogP contribution < -0.4 is 5.32 Å². The first-order valence-electron chi connectivity index (χ1n) is 10.5. The summed E-state index contributed by atoms with van der Waals surface area (Å²) in [6.07, 6.45) is 3.03. The number of rotatable bonds is 7. The number of nitriles is 1. The van der Waals surface area contributed by atoms with Gasteiger partial charge in [-0.25, -0.2) is 9.59 Å². The van der Waals surface area contributed by atoms with Crippen molar-refractivity contribution in [1.82, 2.24) is 10.2 Å². The molecule has 2 aliphatic rings. The maximum Gasteiger partial charge on any atom is 0.336 e. The number of hydrogen-bond acceptors (Lipinski definition) is 5. The molecule has 0 radical (unpaired) electrons. The second-order valence-corrected chi connectivity index (χ2v) is 7.94. The summed E-state index contributed by atoms with van der Waals surface area (Å²) >= 11 is 0.